The summed E-state index contributed by atoms with van der Waals surface area (Å²) in [5.74, 6) is 1.84. The molecular weight excluding hydrogens is 350 g/mol. The number of hydrogen-bond acceptors (Lipinski definition) is 7. The molecule has 3 heterocycles. The van der Waals surface area contributed by atoms with E-state index in [1.54, 1.807) is 10.9 Å². The lowest BCUT2D eigenvalue weighted by atomic mass is 10.1. The maximum absolute atomic E-state index is 12.5. The zero-order chi connectivity index (χ0) is 18.6. The first-order chi connectivity index (χ1) is 12.4. The number of piperazine rings is 1. The van der Waals surface area contributed by atoms with Crippen LogP contribution in [0.1, 0.15) is 27.2 Å². The summed E-state index contributed by atoms with van der Waals surface area (Å²) in [7, 11) is 0. The number of thioether (sulfide) groups is 1. The van der Waals surface area contributed by atoms with Gasteiger partial charge >= 0.3 is 0 Å². The predicted molar refractivity (Wildman–Crippen MR) is 101 cm³/mol. The van der Waals surface area contributed by atoms with Gasteiger partial charge in [0.2, 0.25) is 11.1 Å². The second kappa shape index (κ2) is 8.03. The van der Waals surface area contributed by atoms with E-state index in [9.17, 15) is 4.79 Å². The van der Waals surface area contributed by atoms with Gasteiger partial charge in [0.15, 0.2) is 0 Å². The Hall–Kier alpha value is -2.16. The molecule has 3 rings (SSSR count). The van der Waals surface area contributed by atoms with E-state index in [1.807, 2.05) is 23.1 Å². The van der Waals surface area contributed by atoms with E-state index in [1.165, 1.54) is 11.8 Å². The monoisotopic (exact) mass is 375 g/mol. The largest absolute Gasteiger partial charge is 0.353 e. The number of carbonyl (C=O) groups is 1. The fraction of sp³-hybridized carbons (Fsp3) is 0.588. The summed E-state index contributed by atoms with van der Waals surface area (Å²) in [6.45, 7) is 9.27. The second-order valence-corrected chi connectivity index (χ2v) is 8.26. The molecule has 0 radical (unpaired) electrons. The summed E-state index contributed by atoms with van der Waals surface area (Å²) < 4.78 is 1.80. The quantitative estimate of drug-likeness (QED) is 0.735. The van der Waals surface area contributed by atoms with Crippen molar-refractivity contribution >= 4 is 23.5 Å². The Morgan fingerprint density at radius 3 is 2.62 bits per heavy atom. The van der Waals surface area contributed by atoms with Crippen molar-refractivity contribution in [3.05, 3.63) is 24.4 Å². The molecule has 0 unspecified atom stereocenters. The summed E-state index contributed by atoms with van der Waals surface area (Å²) in [6, 6.07) is 5.91. The summed E-state index contributed by atoms with van der Waals surface area (Å²) in [5.41, 5.74) is -0.169. The van der Waals surface area contributed by atoms with Crippen molar-refractivity contribution < 1.29 is 4.79 Å². The van der Waals surface area contributed by atoms with E-state index < -0.39 is 0 Å². The van der Waals surface area contributed by atoms with Crippen LogP contribution in [0.15, 0.2) is 29.6 Å². The van der Waals surface area contributed by atoms with Crippen molar-refractivity contribution in [3.63, 3.8) is 0 Å². The number of carbonyl (C=O) groups excluding carboxylic acids is 1. The predicted octanol–water partition coefficient (Wildman–Crippen LogP) is 1.65. The van der Waals surface area contributed by atoms with Crippen molar-refractivity contribution in [3.8, 4) is 0 Å². The van der Waals surface area contributed by atoms with Gasteiger partial charge in [-0.1, -0.05) is 17.8 Å². The first-order valence-electron chi connectivity index (χ1n) is 8.80. The normalized spacial score (nSPS) is 15.3. The van der Waals surface area contributed by atoms with Crippen molar-refractivity contribution in [2.75, 3.05) is 36.8 Å². The van der Waals surface area contributed by atoms with Crippen molar-refractivity contribution in [1.29, 1.82) is 0 Å². The van der Waals surface area contributed by atoms with Crippen LogP contribution >= 0.6 is 11.8 Å². The number of rotatable bonds is 5. The molecule has 0 aliphatic carbocycles. The third kappa shape index (κ3) is 4.51. The molecule has 26 heavy (non-hydrogen) atoms. The van der Waals surface area contributed by atoms with Gasteiger partial charge in [-0.15, -0.1) is 5.10 Å². The number of hydrogen-bond donors (Lipinski definition) is 0. The molecule has 1 saturated heterocycles. The maximum atomic E-state index is 12.5. The Kier molecular flexibility index (Phi) is 5.75. The van der Waals surface area contributed by atoms with Crippen LogP contribution in [0.2, 0.25) is 0 Å². The SMILES string of the molecule is CC(C)(C)n1nnnc1SCCC(=O)N1CCN(c2ccccn2)CC1. The lowest BCUT2D eigenvalue weighted by molar-refractivity contribution is -0.131. The molecule has 0 spiro atoms. The van der Waals surface area contributed by atoms with Gasteiger partial charge in [0, 0.05) is 44.5 Å². The van der Waals surface area contributed by atoms with Gasteiger partial charge in [0.25, 0.3) is 0 Å². The molecule has 8 nitrogen and oxygen atoms in total. The van der Waals surface area contributed by atoms with Crippen LogP contribution < -0.4 is 4.90 Å². The van der Waals surface area contributed by atoms with E-state index in [0.29, 0.717) is 12.2 Å². The van der Waals surface area contributed by atoms with E-state index in [2.05, 4.69) is 46.2 Å². The third-order valence-electron chi connectivity index (χ3n) is 4.23. The second-order valence-electron chi connectivity index (χ2n) is 7.20. The number of anilines is 1. The number of pyridine rings is 1. The molecule has 0 N–H and O–H groups in total. The molecule has 1 fully saturated rings. The highest BCUT2D eigenvalue weighted by Crippen LogP contribution is 2.22. The van der Waals surface area contributed by atoms with Gasteiger partial charge < -0.3 is 9.80 Å². The van der Waals surface area contributed by atoms with E-state index >= 15 is 0 Å². The smallest absolute Gasteiger partial charge is 0.223 e. The first-order valence-corrected chi connectivity index (χ1v) is 9.79. The average Bonchev–Trinajstić information content (AvgIpc) is 3.11. The molecule has 1 amide bonds. The van der Waals surface area contributed by atoms with Gasteiger partial charge in [0.1, 0.15) is 5.82 Å². The Morgan fingerprint density at radius 1 is 1.19 bits per heavy atom. The topological polar surface area (TPSA) is 80.0 Å². The molecule has 0 aromatic carbocycles. The molecular formula is C17H25N7OS. The molecule has 0 saturated carbocycles. The first kappa shape index (κ1) is 18.6. The van der Waals surface area contributed by atoms with E-state index in [-0.39, 0.29) is 11.4 Å². The fourth-order valence-electron chi connectivity index (χ4n) is 2.80. The highest BCUT2D eigenvalue weighted by molar-refractivity contribution is 7.99. The van der Waals surface area contributed by atoms with Crippen LogP contribution in [0.4, 0.5) is 5.82 Å². The Bertz CT molecular complexity index is 720. The van der Waals surface area contributed by atoms with Crippen LogP contribution in [-0.2, 0) is 10.3 Å². The lowest BCUT2D eigenvalue weighted by Gasteiger charge is -2.35. The number of nitrogens with zero attached hydrogens (tertiary/aromatic N) is 7. The van der Waals surface area contributed by atoms with E-state index in [0.717, 1.165) is 37.2 Å². The highest BCUT2D eigenvalue weighted by atomic mass is 32.2. The molecule has 2 aromatic rings. The fourth-order valence-corrected chi connectivity index (χ4v) is 3.79. The number of aromatic nitrogens is 5. The zero-order valence-corrected chi connectivity index (χ0v) is 16.3. The molecule has 0 bridgehead atoms. The molecule has 2 aromatic heterocycles. The molecule has 9 heteroatoms. The molecule has 1 aliphatic rings. The van der Waals surface area contributed by atoms with Crippen molar-refractivity contribution in [2.24, 2.45) is 0 Å². The Labute approximate surface area is 158 Å². The molecule has 0 atom stereocenters. The van der Waals surface area contributed by atoms with Crippen LogP contribution in [0, 0.1) is 0 Å². The van der Waals surface area contributed by atoms with Gasteiger partial charge in [-0.2, -0.15) is 0 Å². The van der Waals surface area contributed by atoms with Gasteiger partial charge in [-0.05, 0) is 43.3 Å². The Balaban J connectivity index is 1.45. The van der Waals surface area contributed by atoms with Crippen molar-refractivity contribution in [2.45, 2.75) is 37.9 Å². The summed E-state index contributed by atoms with van der Waals surface area (Å²) in [4.78, 5) is 21.0. The standard InChI is InChI=1S/C17H25N7OS/c1-17(2,3)24-16(19-20-21-24)26-13-7-15(25)23-11-9-22(10-12-23)14-6-4-5-8-18-14/h4-6,8H,7,9-13H2,1-3H3. The van der Waals surface area contributed by atoms with Gasteiger partial charge in [-0.25, -0.2) is 9.67 Å². The number of tetrazole rings is 1. The van der Waals surface area contributed by atoms with E-state index in [4.69, 9.17) is 0 Å². The highest BCUT2D eigenvalue weighted by Gasteiger charge is 2.23. The summed E-state index contributed by atoms with van der Waals surface area (Å²) in [5, 5.41) is 12.6. The minimum absolute atomic E-state index is 0.169. The minimum Gasteiger partial charge on any atom is -0.353 e. The summed E-state index contributed by atoms with van der Waals surface area (Å²) in [6.07, 6.45) is 2.29. The minimum atomic E-state index is -0.169. The van der Waals surface area contributed by atoms with Crippen molar-refractivity contribution in [1.82, 2.24) is 30.1 Å². The van der Waals surface area contributed by atoms with Crippen LogP contribution in [0.5, 0.6) is 0 Å². The third-order valence-corrected chi connectivity index (χ3v) is 5.15. The van der Waals surface area contributed by atoms with Crippen LogP contribution in [0.3, 0.4) is 0 Å². The molecule has 140 valence electrons. The Morgan fingerprint density at radius 2 is 1.96 bits per heavy atom. The van der Waals surface area contributed by atoms with Gasteiger partial charge in [0.05, 0.1) is 5.54 Å². The summed E-state index contributed by atoms with van der Waals surface area (Å²) >= 11 is 1.53. The van der Waals surface area contributed by atoms with Crippen LogP contribution in [0.25, 0.3) is 0 Å². The number of amides is 1. The van der Waals surface area contributed by atoms with Crippen LogP contribution in [-0.4, -0.2) is 67.9 Å². The maximum Gasteiger partial charge on any atom is 0.223 e. The van der Waals surface area contributed by atoms with Gasteiger partial charge in [-0.3, -0.25) is 4.79 Å². The average molecular weight is 376 g/mol. The molecule has 1 aliphatic heterocycles. The lowest BCUT2D eigenvalue weighted by Crippen LogP contribution is -2.49. The zero-order valence-electron chi connectivity index (χ0n) is 15.5.